The van der Waals surface area contributed by atoms with E-state index in [0.29, 0.717) is 13.0 Å². The summed E-state index contributed by atoms with van der Waals surface area (Å²) in [6.45, 7) is 0.389. The van der Waals surface area contributed by atoms with E-state index in [4.69, 9.17) is 0 Å². The highest BCUT2D eigenvalue weighted by atomic mass is 32.2. The third-order valence-electron chi connectivity index (χ3n) is 4.55. The SMILES string of the molecule is O=c1[nH]cc(S(=O)(=O)N2CCCC[C@@H]2CCc2ccccc2)c(=O)[nH]1. The maximum Gasteiger partial charge on any atom is 0.325 e. The van der Waals surface area contributed by atoms with Crippen LogP contribution >= 0.6 is 0 Å². The molecule has 0 amide bonds. The van der Waals surface area contributed by atoms with Crippen molar-refractivity contribution >= 4 is 10.0 Å². The van der Waals surface area contributed by atoms with E-state index in [-0.39, 0.29) is 6.04 Å². The summed E-state index contributed by atoms with van der Waals surface area (Å²) in [7, 11) is -3.94. The van der Waals surface area contributed by atoms with Gasteiger partial charge in [0.05, 0.1) is 0 Å². The van der Waals surface area contributed by atoms with Gasteiger partial charge < -0.3 is 4.98 Å². The number of benzene rings is 1. The highest BCUT2D eigenvalue weighted by Gasteiger charge is 2.34. The van der Waals surface area contributed by atoms with Crippen molar-refractivity contribution in [2.45, 2.75) is 43.0 Å². The third kappa shape index (κ3) is 3.91. The van der Waals surface area contributed by atoms with Crippen molar-refractivity contribution in [2.24, 2.45) is 0 Å². The first-order valence-electron chi connectivity index (χ1n) is 8.36. The molecule has 134 valence electrons. The molecule has 1 fully saturated rings. The van der Waals surface area contributed by atoms with Crippen LogP contribution in [0.1, 0.15) is 31.2 Å². The molecule has 0 unspecified atom stereocenters. The minimum absolute atomic E-state index is 0.148. The number of nitrogens with zero attached hydrogens (tertiary/aromatic N) is 1. The lowest BCUT2D eigenvalue weighted by Gasteiger charge is -2.34. The van der Waals surface area contributed by atoms with E-state index in [2.05, 4.69) is 4.98 Å². The summed E-state index contributed by atoms with van der Waals surface area (Å²) in [4.78, 5) is 26.9. The van der Waals surface area contributed by atoms with Gasteiger partial charge >= 0.3 is 5.69 Å². The monoisotopic (exact) mass is 363 g/mol. The molecule has 0 saturated carbocycles. The van der Waals surface area contributed by atoms with E-state index in [1.54, 1.807) is 0 Å². The van der Waals surface area contributed by atoms with Gasteiger partial charge in [-0.15, -0.1) is 0 Å². The Morgan fingerprint density at radius 3 is 2.60 bits per heavy atom. The standard InChI is InChI=1S/C17H21N3O4S/c21-16-15(12-18-17(22)19-16)25(23,24)20-11-5-4-8-14(20)10-9-13-6-2-1-3-7-13/h1-3,6-7,12,14H,4-5,8-11H2,(H2,18,19,21,22)/t14-/m1/s1. The van der Waals surface area contributed by atoms with Crippen LogP contribution in [0.25, 0.3) is 0 Å². The van der Waals surface area contributed by atoms with Crippen molar-refractivity contribution in [3.8, 4) is 0 Å². The van der Waals surface area contributed by atoms with Gasteiger partial charge in [0.1, 0.15) is 0 Å². The quantitative estimate of drug-likeness (QED) is 0.834. The Hall–Kier alpha value is -2.19. The number of aryl methyl sites for hydroxylation is 1. The third-order valence-corrected chi connectivity index (χ3v) is 6.51. The maximum absolute atomic E-state index is 12.9. The Bertz CT molecular complexity index is 934. The van der Waals surface area contributed by atoms with Crippen LogP contribution in [0.3, 0.4) is 0 Å². The summed E-state index contributed by atoms with van der Waals surface area (Å²) in [6.07, 6.45) is 4.96. The molecular formula is C17H21N3O4S. The number of piperidine rings is 1. The van der Waals surface area contributed by atoms with Gasteiger partial charge in [-0.2, -0.15) is 4.31 Å². The normalized spacial score (nSPS) is 19.0. The summed E-state index contributed by atoms with van der Waals surface area (Å²) < 4.78 is 27.3. The lowest BCUT2D eigenvalue weighted by atomic mass is 9.98. The number of hydrogen-bond acceptors (Lipinski definition) is 4. The summed E-state index contributed by atoms with van der Waals surface area (Å²) in [5.74, 6) is 0. The van der Waals surface area contributed by atoms with Gasteiger partial charge in [-0.05, 0) is 31.2 Å². The highest BCUT2D eigenvalue weighted by molar-refractivity contribution is 7.89. The molecule has 1 aliphatic rings. The number of H-pyrrole nitrogens is 2. The average molecular weight is 363 g/mol. The first kappa shape index (κ1) is 17.6. The number of rotatable bonds is 5. The van der Waals surface area contributed by atoms with Crippen LogP contribution < -0.4 is 11.2 Å². The zero-order valence-corrected chi connectivity index (χ0v) is 14.6. The molecule has 2 heterocycles. The molecule has 0 bridgehead atoms. The Labute approximate surface area is 145 Å². The van der Waals surface area contributed by atoms with Gasteiger partial charge in [-0.1, -0.05) is 36.8 Å². The second-order valence-electron chi connectivity index (χ2n) is 6.23. The number of nitrogens with one attached hydrogen (secondary N) is 2. The molecule has 1 aromatic heterocycles. The van der Waals surface area contributed by atoms with Crippen LogP contribution in [0, 0.1) is 0 Å². The van der Waals surface area contributed by atoms with E-state index < -0.39 is 26.2 Å². The van der Waals surface area contributed by atoms with Gasteiger partial charge in [0.25, 0.3) is 5.56 Å². The lowest BCUT2D eigenvalue weighted by Crippen LogP contribution is -2.45. The predicted molar refractivity (Wildman–Crippen MR) is 94.0 cm³/mol. The summed E-state index contributed by atoms with van der Waals surface area (Å²) in [6, 6.07) is 9.77. The van der Waals surface area contributed by atoms with Crippen molar-refractivity contribution in [1.29, 1.82) is 0 Å². The lowest BCUT2D eigenvalue weighted by molar-refractivity contribution is 0.240. The Morgan fingerprint density at radius 2 is 1.88 bits per heavy atom. The van der Waals surface area contributed by atoms with Crippen molar-refractivity contribution in [3.05, 3.63) is 62.9 Å². The summed E-state index contributed by atoms with van der Waals surface area (Å²) in [5.41, 5.74) is -0.438. The van der Waals surface area contributed by atoms with Gasteiger partial charge in [0.2, 0.25) is 10.0 Å². The number of sulfonamides is 1. The van der Waals surface area contributed by atoms with Crippen molar-refractivity contribution in [1.82, 2.24) is 14.3 Å². The summed E-state index contributed by atoms with van der Waals surface area (Å²) >= 11 is 0. The first-order valence-corrected chi connectivity index (χ1v) is 9.80. The van der Waals surface area contributed by atoms with E-state index in [9.17, 15) is 18.0 Å². The largest absolute Gasteiger partial charge is 0.325 e. The van der Waals surface area contributed by atoms with Crippen LogP contribution in [0.2, 0.25) is 0 Å². The molecule has 0 radical (unpaired) electrons. The maximum atomic E-state index is 12.9. The molecule has 0 aliphatic carbocycles. The molecular weight excluding hydrogens is 342 g/mol. The van der Waals surface area contributed by atoms with Crippen molar-refractivity contribution < 1.29 is 8.42 Å². The summed E-state index contributed by atoms with van der Waals surface area (Å²) in [5, 5.41) is 0. The minimum atomic E-state index is -3.94. The average Bonchev–Trinajstić information content (AvgIpc) is 2.61. The molecule has 2 aromatic rings. The predicted octanol–water partition coefficient (Wildman–Crippen LogP) is 1.24. The second kappa shape index (κ2) is 7.37. The van der Waals surface area contributed by atoms with Crippen molar-refractivity contribution in [2.75, 3.05) is 6.54 Å². The number of aromatic nitrogens is 2. The van der Waals surface area contributed by atoms with Gasteiger partial charge in [0.15, 0.2) is 4.90 Å². The Balaban J connectivity index is 1.84. The Kier molecular flexibility index (Phi) is 5.19. The van der Waals surface area contributed by atoms with Gasteiger partial charge in [-0.25, -0.2) is 13.2 Å². The molecule has 8 heteroatoms. The fraction of sp³-hybridized carbons (Fsp3) is 0.412. The molecule has 7 nitrogen and oxygen atoms in total. The zero-order valence-electron chi connectivity index (χ0n) is 13.8. The van der Waals surface area contributed by atoms with Crippen molar-refractivity contribution in [3.63, 3.8) is 0 Å². The fourth-order valence-corrected chi connectivity index (χ4v) is 4.99. The second-order valence-corrected chi connectivity index (χ2v) is 8.08. The van der Waals surface area contributed by atoms with Crippen LogP contribution in [0.15, 0.2) is 51.0 Å². The number of aromatic amines is 2. The number of hydrogen-bond donors (Lipinski definition) is 2. The topological polar surface area (TPSA) is 103 Å². The van der Waals surface area contributed by atoms with E-state index in [1.165, 1.54) is 4.31 Å². The van der Waals surface area contributed by atoms with Crippen LogP contribution in [-0.2, 0) is 16.4 Å². The molecule has 2 N–H and O–H groups in total. The smallest absolute Gasteiger partial charge is 0.313 e. The van der Waals surface area contributed by atoms with E-state index >= 15 is 0 Å². The van der Waals surface area contributed by atoms with Crippen LogP contribution in [-0.4, -0.2) is 35.3 Å². The molecule has 1 saturated heterocycles. The molecule has 1 aliphatic heterocycles. The van der Waals surface area contributed by atoms with Gasteiger partial charge in [-0.3, -0.25) is 9.78 Å². The van der Waals surface area contributed by atoms with E-state index in [1.807, 2.05) is 35.3 Å². The zero-order chi connectivity index (χ0) is 17.9. The minimum Gasteiger partial charge on any atom is -0.313 e. The first-order chi connectivity index (χ1) is 12.0. The van der Waals surface area contributed by atoms with Gasteiger partial charge in [0, 0.05) is 18.8 Å². The molecule has 1 aromatic carbocycles. The van der Waals surface area contributed by atoms with Crippen LogP contribution in [0.5, 0.6) is 0 Å². The molecule has 0 spiro atoms. The Morgan fingerprint density at radius 1 is 1.12 bits per heavy atom. The fourth-order valence-electron chi connectivity index (χ4n) is 3.27. The molecule has 25 heavy (non-hydrogen) atoms. The van der Waals surface area contributed by atoms with E-state index in [0.717, 1.165) is 37.4 Å². The highest BCUT2D eigenvalue weighted by Crippen LogP contribution is 2.26. The molecule has 3 rings (SSSR count). The molecule has 1 atom stereocenters. The van der Waals surface area contributed by atoms with Crippen LogP contribution in [0.4, 0.5) is 0 Å².